The molecule has 0 spiro atoms. The Morgan fingerprint density at radius 1 is 0.913 bits per heavy atom. The molecule has 2 aliphatic carbocycles. The zero-order valence-corrected chi connectivity index (χ0v) is 13.4. The molecule has 0 aliphatic heterocycles. The van der Waals surface area contributed by atoms with Gasteiger partial charge in [0.1, 0.15) is 5.82 Å². The van der Waals surface area contributed by atoms with Gasteiger partial charge in [-0.2, -0.15) is 0 Å². The average Bonchev–Trinajstić information content (AvgIpc) is 3.22. The number of para-hydroxylation sites is 1. The molecule has 0 saturated heterocycles. The van der Waals surface area contributed by atoms with Gasteiger partial charge in [-0.25, -0.2) is 4.39 Å². The van der Waals surface area contributed by atoms with Crippen LogP contribution in [0.4, 0.5) is 10.1 Å². The summed E-state index contributed by atoms with van der Waals surface area (Å²) in [5.41, 5.74) is 0.291. The molecule has 0 aromatic heterocycles. The van der Waals surface area contributed by atoms with E-state index in [0.717, 1.165) is 38.5 Å². The maximum Gasteiger partial charge on any atom is 0.228 e. The summed E-state index contributed by atoms with van der Waals surface area (Å²) in [5, 5.41) is 2.78. The van der Waals surface area contributed by atoms with Crippen molar-refractivity contribution >= 4 is 11.6 Å². The normalized spacial score (nSPS) is 30.2. The Hall–Kier alpha value is -1.90. The Kier molecular flexibility index (Phi) is 5.27. The van der Waals surface area contributed by atoms with Crippen molar-refractivity contribution in [2.24, 2.45) is 17.8 Å². The van der Waals surface area contributed by atoms with Crippen LogP contribution in [-0.2, 0) is 4.79 Å². The first-order chi connectivity index (χ1) is 11.3. The monoisotopic (exact) mass is 313 g/mol. The van der Waals surface area contributed by atoms with Gasteiger partial charge in [0, 0.05) is 5.92 Å². The number of fused-ring (bicyclic) bond motifs is 1. The van der Waals surface area contributed by atoms with Crippen LogP contribution in [0, 0.1) is 23.6 Å². The van der Waals surface area contributed by atoms with Gasteiger partial charge in [-0.3, -0.25) is 4.79 Å². The van der Waals surface area contributed by atoms with Crippen molar-refractivity contribution in [2.75, 3.05) is 5.32 Å². The van der Waals surface area contributed by atoms with Gasteiger partial charge in [-0.15, -0.1) is 0 Å². The average molecular weight is 313 g/mol. The molecule has 0 heterocycles. The number of allylic oxidation sites excluding steroid dienone is 4. The SMILES string of the molecule is O=C(Nc1ccccc1F)C1[C@H]2CC/C=C\CC/C=C/CC[C@@H]12. The van der Waals surface area contributed by atoms with E-state index in [1.165, 1.54) is 6.07 Å². The highest BCUT2D eigenvalue weighted by Crippen LogP contribution is 2.52. The van der Waals surface area contributed by atoms with Crippen LogP contribution in [0.2, 0.25) is 0 Å². The Labute approximate surface area is 137 Å². The smallest absolute Gasteiger partial charge is 0.228 e. The number of carbonyl (C=O) groups excluding carboxylic acids is 1. The van der Waals surface area contributed by atoms with E-state index in [-0.39, 0.29) is 17.6 Å². The number of hydrogen-bond donors (Lipinski definition) is 1. The number of anilines is 1. The van der Waals surface area contributed by atoms with E-state index < -0.39 is 0 Å². The molecule has 23 heavy (non-hydrogen) atoms. The summed E-state index contributed by atoms with van der Waals surface area (Å²) >= 11 is 0. The molecule has 1 saturated carbocycles. The van der Waals surface area contributed by atoms with Gasteiger partial charge in [-0.05, 0) is 62.5 Å². The van der Waals surface area contributed by atoms with Crippen molar-refractivity contribution in [3.05, 3.63) is 54.4 Å². The molecule has 1 N–H and O–H groups in total. The van der Waals surface area contributed by atoms with Crippen molar-refractivity contribution in [1.82, 2.24) is 0 Å². The van der Waals surface area contributed by atoms with Crippen molar-refractivity contribution in [3.8, 4) is 0 Å². The first-order valence-electron chi connectivity index (χ1n) is 8.63. The van der Waals surface area contributed by atoms with Crippen molar-refractivity contribution in [3.63, 3.8) is 0 Å². The van der Waals surface area contributed by atoms with Crippen LogP contribution in [0.1, 0.15) is 38.5 Å². The highest BCUT2D eigenvalue weighted by atomic mass is 19.1. The minimum absolute atomic E-state index is 0.0204. The highest BCUT2D eigenvalue weighted by Gasteiger charge is 2.52. The fourth-order valence-electron chi connectivity index (χ4n) is 3.64. The minimum Gasteiger partial charge on any atom is -0.323 e. The van der Waals surface area contributed by atoms with Gasteiger partial charge < -0.3 is 5.32 Å². The molecule has 122 valence electrons. The lowest BCUT2D eigenvalue weighted by Gasteiger charge is -2.05. The summed E-state index contributed by atoms with van der Waals surface area (Å²) in [5.74, 6) is 0.537. The number of hydrogen-bond acceptors (Lipinski definition) is 1. The second-order valence-electron chi connectivity index (χ2n) is 6.50. The molecule has 2 nitrogen and oxygen atoms in total. The van der Waals surface area contributed by atoms with Crippen LogP contribution in [0.5, 0.6) is 0 Å². The Morgan fingerprint density at radius 2 is 1.48 bits per heavy atom. The van der Waals surface area contributed by atoms with E-state index in [1.54, 1.807) is 18.2 Å². The lowest BCUT2D eigenvalue weighted by atomic mass is 10.1. The molecule has 3 atom stereocenters. The van der Waals surface area contributed by atoms with Crippen LogP contribution in [0.25, 0.3) is 0 Å². The zero-order chi connectivity index (χ0) is 16.1. The second kappa shape index (κ2) is 7.58. The maximum atomic E-state index is 13.7. The van der Waals surface area contributed by atoms with Gasteiger partial charge in [0.25, 0.3) is 0 Å². The standard InChI is InChI=1S/C20H24FNO/c21-17-13-9-10-14-18(17)22-20(23)19-15-11-7-5-3-1-2-4-6-8-12-16(15)19/h3-6,9-10,13-16,19H,1-2,7-8,11-12H2,(H,22,23)/b5-3-,6-4+/t15-,16+,19?/m0/s1. The summed E-state index contributed by atoms with van der Waals surface area (Å²) in [6, 6.07) is 6.37. The van der Waals surface area contributed by atoms with Gasteiger partial charge in [0.15, 0.2) is 0 Å². The number of benzene rings is 1. The van der Waals surface area contributed by atoms with Crippen molar-refractivity contribution in [2.45, 2.75) is 38.5 Å². The fraction of sp³-hybridized carbons (Fsp3) is 0.450. The number of nitrogens with one attached hydrogen (secondary N) is 1. The lowest BCUT2D eigenvalue weighted by molar-refractivity contribution is -0.117. The third-order valence-electron chi connectivity index (χ3n) is 4.93. The van der Waals surface area contributed by atoms with Gasteiger partial charge >= 0.3 is 0 Å². The first kappa shape index (κ1) is 16.0. The fourth-order valence-corrected chi connectivity index (χ4v) is 3.64. The molecular formula is C20H24FNO. The van der Waals surface area contributed by atoms with E-state index in [0.29, 0.717) is 17.5 Å². The van der Waals surface area contributed by atoms with Gasteiger partial charge in [0.05, 0.1) is 5.69 Å². The number of rotatable bonds is 2. The number of carbonyl (C=O) groups is 1. The molecule has 1 unspecified atom stereocenters. The second-order valence-corrected chi connectivity index (χ2v) is 6.50. The molecule has 1 amide bonds. The van der Waals surface area contributed by atoms with Crippen LogP contribution < -0.4 is 5.32 Å². The Balaban J connectivity index is 1.63. The summed E-state index contributed by atoms with van der Waals surface area (Å²) in [6.45, 7) is 0. The molecule has 0 radical (unpaired) electrons. The quantitative estimate of drug-likeness (QED) is 0.757. The molecule has 3 heteroatoms. The number of halogens is 1. The van der Waals surface area contributed by atoms with E-state index >= 15 is 0 Å². The van der Waals surface area contributed by atoms with Crippen LogP contribution >= 0.6 is 0 Å². The molecule has 2 aliphatic rings. The topological polar surface area (TPSA) is 29.1 Å². The highest BCUT2D eigenvalue weighted by molar-refractivity contribution is 5.95. The Bertz CT molecular complexity index is 583. The van der Waals surface area contributed by atoms with Crippen LogP contribution in [0.15, 0.2) is 48.6 Å². The van der Waals surface area contributed by atoms with Crippen molar-refractivity contribution < 1.29 is 9.18 Å². The molecular weight excluding hydrogens is 289 g/mol. The van der Waals surface area contributed by atoms with Gasteiger partial charge in [-0.1, -0.05) is 36.4 Å². The molecule has 1 fully saturated rings. The predicted octanol–water partition coefficient (Wildman–Crippen LogP) is 5.09. The lowest BCUT2D eigenvalue weighted by Crippen LogP contribution is -2.16. The van der Waals surface area contributed by atoms with Crippen molar-refractivity contribution in [1.29, 1.82) is 0 Å². The Morgan fingerprint density at radius 3 is 2.09 bits per heavy atom. The molecule has 1 aromatic rings. The summed E-state index contributed by atoms with van der Waals surface area (Å²) in [4.78, 5) is 12.5. The van der Waals surface area contributed by atoms with Crippen LogP contribution in [0.3, 0.4) is 0 Å². The number of amides is 1. The van der Waals surface area contributed by atoms with Gasteiger partial charge in [0.2, 0.25) is 5.91 Å². The zero-order valence-electron chi connectivity index (χ0n) is 13.4. The van der Waals surface area contributed by atoms with E-state index in [4.69, 9.17) is 0 Å². The maximum absolute atomic E-state index is 13.7. The molecule has 0 bridgehead atoms. The predicted molar refractivity (Wildman–Crippen MR) is 91.5 cm³/mol. The summed E-state index contributed by atoms with van der Waals surface area (Å²) < 4.78 is 13.7. The third-order valence-corrected chi connectivity index (χ3v) is 4.93. The van der Waals surface area contributed by atoms with E-state index in [2.05, 4.69) is 29.6 Å². The summed E-state index contributed by atoms with van der Waals surface area (Å²) in [7, 11) is 0. The summed E-state index contributed by atoms with van der Waals surface area (Å²) in [6.07, 6.45) is 15.3. The molecule has 1 aromatic carbocycles. The van der Waals surface area contributed by atoms with E-state index in [1.807, 2.05) is 0 Å². The van der Waals surface area contributed by atoms with E-state index in [9.17, 15) is 9.18 Å². The van der Waals surface area contributed by atoms with Crippen LogP contribution in [-0.4, -0.2) is 5.91 Å². The first-order valence-corrected chi connectivity index (χ1v) is 8.63. The molecule has 3 rings (SSSR count). The third kappa shape index (κ3) is 4.10. The minimum atomic E-state index is -0.369. The largest absolute Gasteiger partial charge is 0.323 e.